The average Bonchev–Trinajstić information content (AvgIpc) is 2.61. The molecule has 0 aliphatic heterocycles. The van der Waals surface area contributed by atoms with Crippen LogP contribution in [0.5, 0.6) is 0 Å². The van der Waals surface area contributed by atoms with Crippen LogP contribution in [0.25, 0.3) is 0 Å². The molecular weight excluding hydrogens is 330 g/mol. The number of hydrogen-bond acceptors (Lipinski definition) is 1. The monoisotopic (exact) mass is 336 g/mol. The first-order chi connectivity index (χ1) is 7.99. The fraction of sp³-hybridized carbons (Fsp3) is 0.167. The second kappa shape index (κ2) is 5.04. The van der Waals surface area contributed by atoms with Crippen molar-refractivity contribution >= 4 is 38.9 Å². The Labute approximate surface area is 115 Å². The molecule has 5 heteroatoms. The maximum atomic E-state index is 13.1. The Kier molecular flexibility index (Phi) is 3.85. The Balaban J connectivity index is 2.40. The summed E-state index contributed by atoms with van der Waals surface area (Å²) < 4.78 is 26.8. The minimum absolute atomic E-state index is 0.474. The summed E-state index contributed by atoms with van der Waals surface area (Å²) in [6, 6.07) is 5.68. The lowest BCUT2D eigenvalue weighted by Crippen LogP contribution is -1.94. The molecule has 0 N–H and O–H groups in total. The lowest BCUT2D eigenvalue weighted by molar-refractivity contribution is 0.507. The first kappa shape index (κ1) is 13.0. The zero-order valence-electron chi connectivity index (χ0n) is 8.81. The number of halogens is 4. The zero-order chi connectivity index (χ0) is 12.6. The van der Waals surface area contributed by atoms with E-state index in [4.69, 9.17) is 11.6 Å². The fourth-order valence-corrected chi connectivity index (χ4v) is 3.90. The maximum Gasteiger partial charge on any atom is 0.159 e. The molecule has 2 aromatic rings. The van der Waals surface area contributed by atoms with Crippen LogP contribution in [0.3, 0.4) is 0 Å². The second-order valence-corrected chi connectivity index (χ2v) is 6.18. The molecule has 1 aromatic carbocycles. The van der Waals surface area contributed by atoms with Crippen LogP contribution < -0.4 is 0 Å². The van der Waals surface area contributed by atoms with Crippen LogP contribution in [0.2, 0.25) is 0 Å². The molecule has 1 unspecified atom stereocenters. The standard InChI is InChI=1S/C12H8BrClF2S/c1-6-4-8(13)12(17-6)11(14)7-2-3-9(15)10(16)5-7/h2-5,11H,1H3. The van der Waals surface area contributed by atoms with Gasteiger partial charge in [-0.15, -0.1) is 22.9 Å². The molecule has 0 aliphatic rings. The van der Waals surface area contributed by atoms with E-state index >= 15 is 0 Å². The first-order valence-electron chi connectivity index (χ1n) is 4.84. The largest absolute Gasteiger partial charge is 0.204 e. The second-order valence-electron chi connectivity index (χ2n) is 3.61. The Morgan fingerprint density at radius 2 is 1.94 bits per heavy atom. The third-order valence-corrected chi connectivity index (χ3v) is 4.94. The minimum Gasteiger partial charge on any atom is -0.204 e. The molecule has 0 saturated carbocycles. The van der Waals surface area contributed by atoms with Crippen molar-refractivity contribution in [2.45, 2.75) is 12.3 Å². The molecule has 1 heterocycles. The lowest BCUT2D eigenvalue weighted by Gasteiger charge is -2.09. The molecule has 0 aliphatic carbocycles. The average molecular weight is 338 g/mol. The van der Waals surface area contributed by atoms with E-state index in [-0.39, 0.29) is 0 Å². The van der Waals surface area contributed by atoms with E-state index in [0.29, 0.717) is 5.56 Å². The molecule has 1 aromatic heterocycles. The lowest BCUT2D eigenvalue weighted by atomic mass is 10.1. The molecule has 0 fully saturated rings. The summed E-state index contributed by atoms with van der Waals surface area (Å²) in [6.07, 6.45) is 0. The predicted octanol–water partition coefficient (Wildman–Crippen LogP) is 5.43. The molecule has 0 spiro atoms. The maximum absolute atomic E-state index is 13.1. The fourth-order valence-electron chi connectivity index (χ4n) is 1.50. The van der Waals surface area contributed by atoms with Gasteiger partial charge < -0.3 is 0 Å². The van der Waals surface area contributed by atoms with E-state index in [1.807, 2.05) is 13.0 Å². The molecule has 2 rings (SSSR count). The Morgan fingerprint density at radius 3 is 2.47 bits per heavy atom. The van der Waals surface area contributed by atoms with Crippen molar-refractivity contribution < 1.29 is 8.78 Å². The normalized spacial score (nSPS) is 12.8. The summed E-state index contributed by atoms with van der Waals surface area (Å²) in [7, 11) is 0. The summed E-state index contributed by atoms with van der Waals surface area (Å²) in [5.74, 6) is -1.74. The van der Waals surface area contributed by atoms with Gasteiger partial charge in [0.15, 0.2) is 11.6 Å². The quantitative estimate of drug-likeness (QED) is 0.641. The summed E-state index contributed by atoms with van der Waals surface area (Å²) in [6.45, 7) is 1.97. The topological polar surface area (TPSA) is 0 Å². The van der Waals surface area contributed by atoms with Crippen LogP contribution >= 0.6 is 38.9 Å². The van der Waals surface area contributed by atoms with Gasteiger partial charge in [0.2, 0.25) is 0 Å². The molecule has 17 heavy (non-hydrogen) atoms. The van der Waals surface area contributed by atoms with Gasteiger partial charge >= 0.3 is 0 Å². The van der Waals surface area contributed by atoms with Crippen LogP contribution in [0, 0.1) is 18.6 Å². The van der Waals surface area contributed by atoms with Gasteiger partial charge in [0, 0.05) is 14.2 Å². The summed E-state index contributed by atoms with van der Waals surface area (Å²) in [5.41, 5.74) is 0.549. The number of benzene rings is 1. The zero-order valence-corrected chi connectivity index (χ0v) is 12.0. The number of rotatable bonds is 2. The van der Waals surface area contributed by atoms with Crippen LogP contribution in [0.4, 0.5) is 8.78 Å². The Bertz CT molecular complexity index is 553. The van der Waals surface area contributed by atoms with Crippen molar-refractivity contribution in [3.63, 3.8) is 0 Å². The van der Waals surface area contributed by atoms with E-state index in [2.05, 4.69) is 15.9 Å². The van der Waals surface area contributed by atoms with Gasteiger partial charge in [0.1, 0.15) is 0 Å². The SMILES string of the molecule is Cc1cc(Br)c(C(Cl)c2ccc(F)c(F)c2)s1. The minimum atomic E-state index is -0.877. The molecule has 0 saturated heterocycles. The highest BCUT2D eigenvalue weighted by molar-refractivity contribution is 9.10. The van der Waals surface area contributed by atoms with Crippen molar-refractivity contribution in [2.24, 2.45) is 0 Å². The van der Waals surface area contributed by atoms with Crippen molar-refractivity contribution in [3.8, 4) is 0 Å². The summed E-state index contributed by atoms with van der Waals surface area (Å²) >= 11 is 11.2. The molecule has 1 atom stereocenters. The summed E-state index contributed by atoms with van der Waals surface area (Å²) in [4.78, 5) is 2.01. The van der Waals surface area contributed by atoms with Crippen molar-refractivity contribution in [1.82, 2.24) is 0 Å². The van der Waals surface area contributed by atoms with E-state index in [1.54, 1.807) is 0 Å². The smallest absolute Gasteiger partial charge is 0.159 e. The molecule has 0 radical (unpaired) electrons. The van der Waals surface area contributed by atoms with Crippen molar-refractivity contribution in [1.29, 1.82) is 0 Å². The van der Waals surface area contributed by atoms with Gasteiger partial charge in [-0.25, -0.2) is 8.78 Å². The molecule has 0 bridgehead atoms. The Hall–Kier alpha value is -0.450. The van der Waals surface area contributed by atoms with Crippen LogP contribution in [0.1, 0.15) is 20.7 Å². The summed E-state index contributed by atoms with van der Waals surface area (Å²) in [5, 5.41) is -0.474. The van der Waals surface area contributed by atoms with Gasteiger partial charge in [0.25, 0.3) is 0 Å². The number of alkyl halides is 1. The molecular formula is C12H8BrClF2S. The molecule has 0 nitrogen and oxygen atoms in total. The van der Waals surface area contributed by atoms with Crippen LogP contribution in [-0.2, 0) is 0 Å². The highest BCUT2D eigenvalue weighted by atomic mass is 79.9. The van der Waals surface area contributed by atoms with Gasteiger partial charge in [-0.3, -0.25) is 0 Å². The van der Waals surface area contributed by atoms with E-state index in [0.717, 1.165) is 26.4 Å². The third-order valence-electron chi connectivity index (χ3n) is 2.30. The van der Waals surface area contributed by atoms with Gasteiger partial charge in [0.05, 0.1) is 5.38 Å². The molecule has 0 amide bonds. The Morgan fingerprint density at radius 1 is 1.24 bits per heavy atom. The molecule has 90 valence electrons. The van der Waals surface area contributed by atoms with E-state index in [1.165, 1.54) is 17.4 Å². The van der Waals surface area contributed by atoms with Gasteiger partial charge in [-0.2, -0.15) is 0 Å². The van der Waals surface area contributed by atoms with Gasteiger partial charge in [-0.05, 0) is 46.6 Å². The highest BCUT2D eigenvalue weighted by Crippen LogP contribution is 2.39. The van der Waals surface area contributed by atoms with Crippen molar-refractivity contribution in [3.05, 3.63) is 55.7 Å². The number of hydrogen-bond donors (Lipinski definition) is 0. The predicted molar refractivity (Wildman–Crippen MR) is 70.8 cm³/mol. The number of aryl methyl sites for hydroxylation is 1. The van der Waals surface area contributed by atoms with Gasteiger partial charge in [-0.1, -0.05) is 6.07 Å². The van der Waals surface area contributed by atoms with Crippen molar-refractivity contribution in [2.75, 3.05) is 0 Å². The van der Waals surface area contributed by atoms with Crippen LogP contribution in [-0.4, -0.2) is 0 Å². The van der Waals surface area contributed by atoms with E-state index in [9.17, 15) is 8.78 Å². The number of thiophene rings is 1. The third kappa shape index (κ3) is 2.69. The van der Waals surface area contributed by atoms with Crippen LogP contribution in [0.15, 0.2) is 28.7 Å². The van der Waals surface area contributed by atoms with E-state index < -0.39 is 17.0 Å². The highest BCUT2D eigenvalue weighted by Gasteiger charge is 2.18. The first-order valence-corrected chi connectivity index (χ1v) is 6.88.